The first-order valence-corrected chi connectivity index (χ1v) is 9.08. The number of benzene rings is 2. The van der Waals surface area contributed by atoms with Gasteiger partial charge in [0, 0.05) is 18.7 Å². The molecule has 0 saturated carbocycles. The fraction of sp³-hybridized carbons (Fsp3) is 0.250. The van der Waals surface area contributed by atoms with Crippen LogP contribution < -0.4 is 4.72 Å². The molecule has 0 bridgehead atoms. The van der Waals surface area contributed by atoms with Crippen LogP contribution in [0.15, 0.2) is 53.4 Å². The quantitative estimate of drug-likeness (QED) is 0.836. The second-order valence-corrected chi connectivity index (χ2v) is 7.78. The van der Waals surface area contributed by atoms with E-state index >= 15 is 0 Å². The summed E-state index contributed by atoms with van der Waals surface area (Å²) in [5.41, 5.74) is -0.0893. The lowest BCUT2D eigenvalue weighted by Gasteiger charge is -2.29. The van der Waals surface area contributed by atoms with Crippen LogP contribution in [-0.4, -0.2) is 22.1 Å². The van der Waals surface area contributed by atoms with E-state index in [0.29, 0.717) is 5.02 Å². The van der Waals surface area contributed by atoms with Crippen LogP contribution in [0, 0.1) is 0 Å². The third kappa shape index (κ3) is 4.25. The van der Waals surface area contributed by atoms with Gasteiger partial charge in [-0.15, -0.1) is 0 Å². The second kappa shape index (κ2) is 7.20. The van der Waals surface area contributed by atoms with E-state index < -0.39 is 15.6 Å². The van der Waals surface area contributed by atoms with Gasteiger partial charge in [-0.05, 0) is 36.8 Å². The Balaban J connectivity index is 2.25. The third-order valence-corrected chi connectivity index (χ3v) is 5.75. The molecule has 2 aromatic carbocycles. The molecular weight excluding hydrogens is 357 g/mol. The van der Waals surface area contributed by atoms with Crippen molar-refractivity contribution in [3.63, 3.8) is 0 Å². The largest absolute Gasteiger partial charge is 0.372 e. The van der Waals surface area contributed by atoms with Gasteiger partial charge >= 0.3 is 0 Å². The number of hydrogen-bond acceptors (Lipinski definition) is 3. The molecule has 0 aliphatic rings. The van der Waals surface area contributed by atoms with E-state index in [1.165, 1.54) is 19.2 Å². The minimum absolute atomic E-state index is 0.0335. The molecule has 0 saturated heterocycles. The molecule has 7 heteroatoms. The van der Waals surface area contributed by atoms with Crippen molar-refractivity contribution >= 4 is 33.2 Å². The molecule has 0 aromatic heterocycles. The molecular formula is C16H17Cl2NO3S. The summed E-state index contributed by atoms with van der Waals surface area (Å²) in [4.78, 5) is 0.0335. The average molecular weight is 374 g/mol. The van der Waals surface area contributed by atoms with Gasteiger partial charge in [0.1, 0.15) is 10.5 Å². The Morgan fingerprint density at radius 3 is 2.43 bits per heavy atom. The van der Waals surface area contributed by atoms with Crippen molar-refractivity contribution in [3.05, 3.63) is 64.1 Å². The van der Waals surface area contributed by atoms with Crippen molar-refractivity contribution < 1.29 is 13.2 Å². The molecule has 124 valence electrons. The fourth-order valence-corrected chi connectivity index (χ4v) is 3.92. The van der Waals surface area contributed by atoms with Gasteiger partial charge in [0.25, 0.3) is 0 Å². The zero-order valence-electron chi connectivity index (χ0n) is 12.7. The molecule has 1 N–H and O–H groups in total. The Morgan fingerprint density at radius 2 is 1.83 bits per heavy atom. The summed E-state index contributed by atoms with van der Waals surface area (Å²) >= 11 is 12.0. The number of methoxy groups -OCH3 is 1. The summed E-state index contributed by atoms with van der Waals surface area (Å²) in [6.07, 6.45) is 0. The molecule has 1 atom stereocenters. The average Bonchev–Trinajstić information content (AvgIpc) is 2.53. The number of halogens is 2. The first-order valence-electron chi connectivity index (χ1n) is 6.84. The monoisotopic (exact) mass is 373 g/mol. The molecule has 0 spiro atoms. The first kappa shape index (κ1) is 18.2. The van der Waals surface area contributed by atoms with E-state index in [0.717, 1.165) is 5.56 Å². The van der Waals surface area contributed by atoms with Crippen LogP contribution in [-0.2, 0) is 20.4 Å². The fourth-order valence-electron chi connectivity index (χ4n) is 2.08. The van der Waals surface area contributed by atoms with Crippen molar-refractivity contribution in [1.82, 2.24) is 4.72 Å². The van der Waals surface area contributed by atoms with Gasteiger partial charge in [0.05, 0.1) is 5.02 Å². The van der Waals surface area contributed by atoms with Crippen LogP contribution in [0.5, 0.6) is 0 Å². The van der Waals surface area contributed by atoms with Gasteiger partial charge in [-0.25, -0.2) is 13.1 Å². The van der Waals surface area contributed by atoms with E-state index in [1.54, 1.807) is 37.3 Å². The maximum absolute atomic E-state index is 12.4. The number of rotatable bonds is 6. The molecule has 0 aliphatic heterocycles. The topological polar surface area (TPSA) is 55.4 Å². The number of ether oxygens (including phenoxy) is 1. The van der Waals surface area contributed by atoms with Gasteiger partial charge in [0.15, 0.2) is 0 Å². The molecule has 0 aliphatic carbocycles. The van der Waals surface area contributed by atoms with Gasteiger partial charge in [-0.3, -0.25) is 0 Å². The normalized spacial score (nSPS) is 14.4. The first-order chi connectivity index (χ1) is 10.8. The Kier molecular flexibility index (Phi) is 5.70. The minimum Gasteiger partial charge on any atom is -0.372 e. The van der Waals surface area contributed by atoms with Crippen molar-refractivity contribution in [2.45, 2.75) is 17.4 Å². The van der Waals surface area contributed by atoms with Crippen LogP contribution >= 0.6 is 23.2 Å². The molecule has 4 nitrogen and oxygen atoms in total. The molecule has 0 heterocycles. The van der Waals surface area contributed by atoms with Crippen LogP contribution in [0.3, 0.4) is 0 Å². The SMILES string of the molecule is CO[C@@](C)(CNS(=O)(=O)c1ccccc1Cl)c1cccc(Cl)c1. The lowest BCUT2D eigenvalue weighted by Crippen LogP contribution is -2.40. The van der Waals surface area contributed by atoms with Crippen LogP contribution in [0.2, 0.25) is 10.0 Å². The van der Waals surface area contributed by atoms with E-state index in [4.69, 9.17) is 27.9 Å². The molecule has 2 rings (SSSR count). The third-order valence-electron chi connectivity index (χ3n) is 3.61. The summed E-state index contributed by atoms with van der Waals surface area (Å²) in [6.45, 7) is 1.82. The van der Waals surface area contributed by atoms with E-state index in [-0.39, 0.29) is 16.5 Å². The summed E-state index contributed by atoms with van der Waals surface area (Å²) in [6, 6.07) is 13.4. The smallest absolute Gasteiger partial charge is 0.242 e. The molecule has 2 aromatic rings. The zero-order valence-corrected chi connectivity index (χ0v) is 15.0. The van der Waals surface area contributed by atoms with E-state index in [9.17, 15) is 8.42 Å². The standard InChI is InChI=1S/C16H17Cl2NO3S/c1-16(22-2,12-6-5-7-13(17)10-12)11-19-23(20,21)15-9-4-3-8-14(15)18/h3-10,19H,11H2,1-2H3/t16-/m0/s1. The van der Waals surface area contributed by atoms with Gasteiger partial charge in [-0.1, -0.05) is 47.5 Å². The van der Waals surface area contributed by atoms with E-state index in [2.05, 4.69) is 4.72 Å². The van der Waals surface area contributed by atoms with Crippen LogP contribution in [0.25, 0.3) is 0 Å². The maximum atomic E-state index is 12.4. The summed E-state index contributed by atoms with van der Waals surface area (Å²) in [5, 5.41) is 0.724. The van der Waals surface area contributed by atoms with Gasteiger partial charge < -0.3 is 4.74 Å². The molecule has 23 heavy (non-hydrogen) atoms. The Morgan fingerprint density at radius 1 is 1.13 bits per heavy atom. The summed E-state index contributed by atoms with van der Waals surface area (Å²) in [5.74, 6) is 0. The predicted octanol–water partition coefficient (Wildman–Crippen LogP) is 3.83. The van der Waals surface area contributed by atoms with Gasteiger partial charge in [-0.2, -0.15) is 0 Å². The number of nitrogens with one attached hydrogen (secondary N) is 1. The molecule has 0 radical (unpaired) electrons. The highest BCUT2D eigenvalue weighted by molar-refractivity contribution is 7.89. The highest BCUT2D eigenvalue weighted by Crippen LogP contribution is 2.27. The lowest BCUT2D eigenvalue weighted by molar-refractivity contribution is 0.00699. The Hall–Kier alpha value is -1.11. The number of sulfonamides is 1. The van der Waals surface area contributed by atoms with Gasteiger partial charge in [0.2, 0.25) is 10.0 Å². The van der Waals surface area contributed by atoms with Crippen molar-refractivity contribution in [2.24, 2.45) is 0 Å². The highest BCUT2D eigenvalue weighted by Gasteiger charge is 2.29. The Bertz CT molecular complexity index is 795. The molecule has 0 amide bonds. The van der Waals surface area contributed by atoms with Crippen molar-refractivity contribution in [2.75, 3.05) is 13.7 Å². The zero-order chi connectivity index (χ0) is 17.1. The van der Waals surface area contributed by atoms with Crippen molar-refractivity contribution in [1.29, 1.82) is 0 Å². The molecule has 0 unspecified atom stereocenters. The summed E-state index contributed by atoms with van der Waals surface area (Å²) in [7, 11) is -2.23. The summed E-state index contributed by atoms with van der Waals surface area (Å²) < 4.78 is 32.9. The maximum Gasteiger partial charge on any atom is 0.242 e. The minimum atomic E-state index is -3.75. The molecule has 0 fully saturated rings. The van der Waals surface area contributed by atoms with E-state index in [1.807, 2.05) is 6.07 Å². The van der Waals surface area contributed by atoms with Crippen LogP contribution in [0.4, 0.5) is 0 Å². The highest BCUT2D eigenvalue weighted by atomic mass is 35.5. The predicted molar refractivity (Wildman–Crippen MR) is 92.5 cm³/mol. The second-order valence-electron chi connectivity index (χ2n) is 5.20. The number of hydrogen-bond donors (Lipinski definition) is 1. The lowest BCUT2D eigenvalue weighted by atomic mass is 9.96. The van der Waals surface area contributed by atoms with Crippen LogP contribution in [0.1, 0.15) is 12.5 Å². The van der Waals surface area contributed by atoms with Crippen molar-refractivity contribution in [3.8, 4) is 0 Å². The Labute approximate surface area is 146 Å².